The highest BCUT2D eigenvalue weighted by Crippen LogP contribution is 2.15. The topological polar surface area (TPSA) is 75.4 Å². The molecule has 1 aromatic carbocycles. The molecule has 2 unspecified atom stereocenters. The van der Waals surface area contributed by atoms with Crippen molar-refractivity contribution in [2.24, 2.45) is 11.7 Å². The number of rotatable bonds is 5. The Kier molecular flexibility index (Phi) is 6.47. The lowest BCUT2D eigenvalue weighted by atomic mass is 10.0. The zero-order valence-electron chi connectivity index (χ0n) is 13.7. The van der Waals surface area contributed by atoms with E-state index in [0.29, 0.717) is 6.42 Å². The van der Waals surface area contributed by atoms with Crippen molar-refractivity contribution in [3.63, 3.8) is 0 Å². The van der Waals surface area contributed by atoms with E-state index >= 15 is 0 Å². The van der Waals surface area contributed by atoms with Gasteiger partial charge in [0.05, 0.1) is 12.3 Å². The van der Waals surface area contributed by atoms with E-state index in [4.69, 9.17) is 5.73 Å². The van der Waals surface area contributed by atoms with Crippen LogP contribution in [0.5, 0.6) is 0 Å². The van der Waals surface area contributed by atoms with Gasteiger partial charge >= 0.3 is 0 Å². The van der Waals surface area contributed by atoms with Gasteiger partial charge in [-0.25, -0.2) is 0 Å². The van der Waals surface area contributed by atoms with E-state index in [1.165, 1.54) is 0 Å². The second-order valence-electron chi connectivity index (χ2n) is 6.00. The van der Waals surface area contributed by atoms with Crippen molar-refractivity contribution < 1.29 is 9.59 Å². The average Bonchev–Trinajstić information content (AvgIpc) is 2.56. The fourth-order valence-electron chi connectivity index (χ4n) is 2.30. The summed E-state index contributed by atoms with van der Waals surface area (Å²) in [6, 6.07) is 7.27. The molecule has 0 radical (unpaired) electrons. The molecule has 0 saturated carbocycles. The first-order valence-electron chi connectivity index (χ1n) is 7.98. The van der Waals surface area contributed by atoms with Gasteiger partial charge in [0.2, 0.25) is 11.8 Å². The van der Waals surface area contributed by atoms with Crippen molar-refractivity contribution >= 4 is 29.3 Å². The van der Waals surface area contributed by atoms with Crippen molar-refractivity contribution in [2.45, 2.75) is 26.3 Å². The lowest BCUT2D eigenvalue weighted by molar-refractivity contribution is -0.130. The predicted octanol–water partition coefficient (Wildman–Crippen LogP) is 1.73. The summed E-state index contributed by atoms with van der Waals surface area (Å²) in [5.74, 6) is 1.89. The molecule has 1 heterocycles. The predicted molar refractivity (Wildman–Crippen MR) is 95.5 cm³/mol. The minimum absolute atomic E-state index is 0.0883. The van der Waals surface area contributed by atoms with Crippen LogP contribution in [0, 0.1) is 5.92 Å². The molecule has 5 nitrogen and oxygen atoms in total. The maximum absolute atomic E-state index is 12.2. The second kappa shape index (κ2) is 8.36. The summed E-state index contributed by atoms with van der Waals surface area (Å²) in [6.07, 6.45) is 0.412. The van der Waals surface area contributed by atoms with Crippen LogP contribution in [-0.2, 0) is 16.0 Å². The first-order chi connectivity index (χ1) is 11.0. The third kappa shape index (κ3) is 5.25. The van der Waals surface area contributed by atoms with Gasteiger partial charge in [0.25, 0.3) is 0 Å². The Labute approximate surface area is 142 Å². The number of anilines is 1. The van der Waals surface area contributed by atoms with Gasteiger partial charge < -0.3 is 16.0 Å². The van der Waals surface area contributed by atoms with E-state index in [0.717, 1.165) is 35.8 Å². The molecular formula is C17H25N3O2S. The fraction of sp³-hybridized carbons (Fsp3) is 0.529. The number of hydrogen-bond donors (Lipinski definition) is 2. The van der Waals surface area contributed by atoms with Crippen molar-refractivity contribution in [2.75, 3.05) is 29.9 Å². The van der Waals surface area contributed by atoms with Gasteiger partial charge in [-0.1, -0.05) is 19.1 Å². The van der Waals surface area contributed by atoms with Gasteiger partial charge in [-0.3, -0.25) is 9.59 Å². The zero-order valence-corrected chi connectivity index (χ0v) is 14.6. The highest BCUT2D eigenvalue weighted by Gasteiger charge is 2.18. The summed E-state index contributed by atoms with van der Waals surface area (Å²) >= 11 is 1.89. The summed E-state index contributed by atoms with van der Waals surface area (Å²) in [5, 5.41) is 2.85. The molecular weight excluding hydrogens is 310 g/mol. The molecule has 0 aromatic heterocycles. The highest BCUT2D eigenvalue weighted by molar-refractivity contribution is 7.99. The van der Waals surface area contributed by atoms with Crippen LogP contribution in [0.25, 0.3) is 0 Å². The molecule has 23 heavy (non-hydrogen) atoms. The number of benzene rings is 1. The van der Waals surface area contributed by atoms with Crippen LogP contribution in [-0.4, -0.2) is 47.4 Å². The van der Waals surface area contributed by atoms with Crippen LogP contribution in [0.1, 0.15) is 19.4 Å². The van der Waals surface area contributed by atoms with Gasteiger partial charge in [0.15, 0.2) is 0 Å². The van der Waals surface area contributed by atoms with Crippen LogP contribution >= 0.6 is 11.8 Å². The van der Waals surface area contributed by atoms with Gasteiger partial charge in [0, 0.05) is 36.3 Å². The third-order valence-corrected chi connectivity index (χ3v) is 5.09. The quantitative estimate of drug-likeness (QED) is 0.859. The number of nitrogens with zero attached hydrogens (tertiary/aromatic N) is 1. The van der Waals surface area contributed by atoms with Crippen molar-refractivity contribution in [3.8, 4) is 0 Å². The minimum Gasteiger partial charge on any atom is -0.341 e. The van der Waals surface area contributed by atoms with Crippen LogP contribution in [0.4, 0.5) is 5.69 Å². The molecule has 1 aliphatic rings. The number of carbonyl (C=O) groups excluding carboxylic acids is 2. The van der Waals surface area contributed by atoms with Gasteiger partial charge in [-0.15, -0.1) is 0 Å². The first-order valence-corrected chi connectivity index (χ1v) is 9.13. The monoisotopic (exact) mass is 335 g/mol. The molecule has 3 N–H and O–H groups in total. The Morgan fingerprint density at radius 3 is 2.39 bits per heavy atom. The number of nitrogens with two attached hydrogens (primary N) is 1. The molecule has 1 aromatic rings. The molecule has 1 aliphatic heterocycles. The number of thioether (sulfide) groups is 1. The molecule has 2 atom stereocenters. The largest absolute Gasteiger partial charge is 0.341 e. The average molecular weight is 335 g/mol. The van der Waals surface area contributed by atoms with E-state index in [-0.39, 0.29) is 23.8 Å². The van der Waals surface area contributed by atoms with Gasteiger partial charge in [0.1, 0.15) is 0 Å². The van der Waals surface area contributed by atoms with E-state index in [2.05, 4.69) is 5.32 Å². The molecule has 6 heteroatoms. The molecule has 1 saturated heterocycles. The third-order valence-electron chi connectivity index (χ3n) is 4.14. The van der Waals surface area contributed by atoms with Crippen LogP contribution in [0.2, 0.25) is 0 Å². The molecule has 0 bridgehead atoms. The molecule has 1 fully saturated rings. The lowest BCUT2D eigenvalue weighted by Gasteiger charge is -2.26. The van der Waals surface area contributed by atoms with Gasteiger partial charge in [-0.2, -0.15) is 11.8 Å². The van der Waals surface area contributed by atoms with Crippen LogP contribution < -0.4 is 11.1 Å². The first kappa shape index (κ1) is 17.8. The smallest absolute Gasteiger partial charge is 0.228 e. The number of nitrogens with one attached hydrogen (secondary N) is 1. The van der Waals surface area contributed by atoms with Crippen molar-refractivity contribution in [1.82, 2.24) is 4.90 Å². The summed E-state index contributed by atoms with van der Waals surface area (Å²) in [7, 11) is 0. The van der Waals surface area contributed by atoms with Crippen molar-refractivity contribution in [1.29, 1.82) is 0 Å². The molecule has 126 valence electrons. The minimum atomic E-state index is -0.242. The zero-order chi connectivity index (χ0) is 16.8. The molecule has 0 spiro atoms. The molecule has 2 amide bonds. The van der Waals surface area contributed by atoms with E-state index < -0.39 is 0 Å². The van der Waals surface area contributed by atoms with Crippen LogP contribution in [0.15, 0.2) is 24.3 Å². The fourth-order valence-corrected chi connectivity index (χ4v) is 3.20. The maximum atomic E-state index is 12.2. The van der Waals surface area contributed by atoms with Gasteiger partial charge in [-0.05, 0) is 24.6 Å². The van der Waals surface area contributed by atoms with E-state index in [1.807, 2.05) is 54.8 Å². The van der Waals surface area contributed by atoms with Crippen molar-refractivity contribution in [3.05, 3.63) is 29.8 Å². The summed E-state index contributed by atoms with van der Waals surface area (Å²) in [6.45, 7) is 5.31. The number of hydrogen-bond acceptors (Lipinski definition) is 4. The Hall–Kier alpha value is -1.53. The SMILES string of the molecule is CC(N)C(C)C(=O)Nc1ccc(CC(=O)N2CCSCC2)cc1. The summed E-state index contributed by atoms with van der Waals surface area (Å²) < 4.78 is 0. The Bertz CT molecular complexity index is 539. The molecule has 2 rings (SSSR count). The number of carbonyl (C=O) groups is 2. The summed E-state index contributed by atoms with van der Waals surface area (Å²) in [5.41, 5.74) is 7.43. The Balaban J connectivity index is 1.89. The van der Waals surface area contributed by atoms with Crippen LogP contribution in [0.3, 0.4) is 0 Å². The Morgan fingerprint density at radius 2 is 1.83 bits per heavy atom. The lowest BCUT2D eigenvalue weighted by Crippen LogP contribution is -2.38. The number of amides is 2. The summed E-state index contributed by atoms with van der Waals surface area (Å²) in [4.78, 5) is 26.1. The second-order valence-corrected chi connectivity index (χ2v) is 7.23. The molecule has 0 aliphatic carbocycles. The van der Waals surface area contributed by atoms with E-state index in [9.17, 15) is 9.59 Å². The standard InChI is InChI=1S/C17H25N3O2S/c1-12(13(2)18)17(22)19-15-5-3-14(4-6-15)11-16(21)20-7-9-23-10-8-20/h3-6,12-13H,7-11,18H2,1-2H3,(H,19,22). The Morgan fingerprint density at radius 1 is 1.22 bits per heavy atom. The highest BCUT2D eigenvalue weighted by atomic mass is 32.2. The normalized spacial score (nSPS) is 17.4. The van der Waals surface area contributed by atoms with E-state index in [1.54, 1.807) is 0 Å². The maximum Gasteiger partial charge on any atom is 0.228 e.